The topological polar surface area (TPSA) is 95.1 Å². The summed E-state index contributed by atoms with van der Waals surface area (Å²) in [5, 5.41) is 11.6. The van der Waals surface area contributed by atoms with Gasteiger partial charge in [0, 0.05) is 12.1 Å². The van der Waals surface area contributed by atoms with Gasteiger partial charge in [-0.25, -0.2) is 4.68 Å². The molecule has 1 amide bonds. The van der Waals surface area contributed by atoms with E-state index in [1.54, 1.807) is 7.11 Å². The van der Waals surface area contributed by atoms with Crippen LogP contribution in [0.3, 0.4) is 0 Å². The van der Waals surface area contributed by atoms with Gasteiger partial charge in [0.05, 0.1) is 12.9 Å². The number of ether oxygens (including phenoxy) is 1. The van der Waals surface area contributed by atoms with Gasteiger partial charge >= 0.3 is 0 Å². The maximum absolute atomic E-state index is 12.1. The molecule has 8 heteroatoms. The molecule has 0 fully saturated rings. The molecule has 140 valence electrons. The molecule has 0 atom stereocenters. The van der Waals surface area contributed by atoms with E-state index in [-0.39, 0.29) is 11.7 Å². The van der Waals surface area contributed by atoms with Gasteiger partial charge in [-0.3, -0.25) is 4.79 Å². The summed E-state index contributed by atoms with van der Waals surface area (Å²) in [6.45, 7) is 2.45. The number of hydrogen-bond acceptors (Lipinski definition) is 6. The first-order valence-corrected chi connectivity index (χ1v) is 9.35. The van der Waals surface area contributed by atoms with Gasteiger partial charge in [0.1, 0.15) is 5.75 Å². The second kappa shape index (κ2) is 8.59. The second-order valence-corrected chi connectivity index (χ2v) is 6.90. The van der Waals surface area contributed by atoms with Gasteiger partial charge in [0.25, 0.3) is 0 Å². The molecule has 0 saturated heterocycles. The zero-order valence-electron chi connectivity index (χ0n) is 15.2. The van der Waals surface area contributed by atoms with E-state index in [2.05, 4.69) is 15.5 Å². The maximum Gasteiger partial charge on any atom is 0.230 e. The fourth-order valence-electron chi connectivity index (χ4n) is 2.44. The molecule has 0 saturated carbocycles. The Morgan fingerprint density at radius 1 is 1.22 bits per heavy atom. The Bertz CT molecular complexity index is 924. The average molecular weight is 383 g/mol. The third-order valence-electron chi connectivity index (χ3n) is 3.93. The van der Waals surface area contributed by atoms with E-state index in [0.29, 0.717) is 17.5 Å². The Labute approximate surface area is 161 Å². The van der Waals surface area contributed by atoms with Crippen LogP contribution in [0.5, 0.6) is 5.75 Å². The lowest BCUT2D eigenvalue weighted by Crippen LogP contribution is -2.25. The fourth-order valence-corrected chi connectivity index (χ4v) is 3.13. The number of methoxy groups -OCH3 is 1. The first-order chi connectivity index (χ1) is 13.1. The molecule has 0 radical (unpaired) electrons. The number of nitrogens with one attached hydrogen (secondary N) is 1. The molecule has 0 aliphatic rings. The Morgan fingerprint density at radius 3 is 2.74 bits per heavy atom. The van der Waals surface area contributed by atoms with Crippen LogP contribution in [-0.2, 0) is 11.3 Å². The van der Waals surface area contributed by atoms with Crippen LogP contribution in [0.25, 0.3) is 11.4 Å². The highest BCUT2D eigenvalue weighted by molar-refractivity contribution is 7.99. The van der Waals surface area contributed by atoms with E-state index in [9.17, 15) is 4.79 Å². The lowest BCUT2D eigenvalue weighted by molar-refractivity contribution is -0.118. The van der Waals surface area contributed by atoms with Crippen molar-refractivity contribution in [1.82, 2.24) is 20.2 Å². The minimum atomic E-state index is -0.109. The minimum Gasteiger partial charge on any atom is -0.497 e. The van der Waals surface area contributed by atoms with E-state index in [0.717, 1.165) is 22.4 Å². The molecule has 27 heavy (non-hydrogen) atoms. The molecule has 1 aromatic heterocycles. The van der Waals surface area contributed by atoms with Crippen molar-refractivity contribution in [3.05, 3.63) is 59.7 Å². The standard InChI is InChI=1S/C19H21N5O2S/c1-13-6-8-15(9-7-13)18-22-23-19(24(18)20)27-12-17(25)21-11-14-4-3-5-16(10-14)26-2/h3-10H,11-12,20H2,1-2H3,(H,21,25). The van der Waals surface area contributed by atoms with E-state index in [4.69, 9.17) is 10.6 Å². The smallest absolute Gasteiger partial charge is 0.230 e. The molecule has 1 heterocycles. The maximum atomic E-state index is 12.1. The number of thioether (sulfide) groups is 1. The molecule has 7 nitrogen and oxygen atoms in total. The lowest BCUT2D eigenvalue weighted by atomic mass is 10.1. The van der Waals surface area contributed by atoms with Gasteiger partial charge in [-0.2, -0.15) is 0 Å². The Morgan fingerprint density at radius 2 is 2.00 bits per heavy atom. The van der Waals surface area contributed by atoms with Gasteiger partial charge in [0.15, 0.2) is 5.82 Å². The molecule has 3 rings (SSSR count). The third-order valence-corrected chi connectivity index (χ3v) is 4.87. The van der Waals surface area contributed by atoms with Crippen molar-refractivity contribution in [2.24, 2.45) is 0 Å². The van der Waals surface area contributed by atoms with Gasteiger partial charge in [-0.05, 0) is 24.6 Å². The summed E-state index contributed by atoms with van der Waals surface area (Å²) in [4.78, 5) is 12.1. The van der Waals surface area contributed by atoms with Crippen molar-refractivity contribution in [2.75, 3.05) is 18.7 Å². The van der Waals surface area contributed by atoms with Crippen LogP contribution in [0, 0.1) is 6.92 Å². The average Bonchev–Trinajstić information content (AvgIpc) is 3.06. The van der Waals surface area contributed by atoms with Crippen LogP contribution in [0.4, 0.5) is 0 Å². The van der Waals surface area contributed by atoms with E-state index >= 15 is 0 Å². The molecule has 0 aliphatic carbocycles. The Balaban J connectivity index is 1.55. The zero-order chi connectivity index (χ0) is 19.2. The number of aromatic nitrogens is 3. The zero-order valence-corrected chi connectivity index (χ0v) is 16.0. The predicted octanol–water partition coefficient (Wildman–Crippen LogP) is 2.38. The van der Waals surface area contributed by atoms with Crippen molar-refractivity contribution in [3.63, 3.8) is 0 Å². The number of nitrogen functional groups attached to an aromatic ring is 1. The second-order valence-electron chi connectivity index (χ2n) is 5.96. The van der Waals surface area contributed by atoms with Crippen LogP contribution in [0.15, 0.2) is 53.7 Å². The van der Waals surface area contributed by atoms with Crippen LogP contribution < -0.4 is 15.9 Å². The summed E-state index contributed by atoms with van der Waals surface area (Å²) >= 11 is 1.24. The SMILES string of the molecule is COc1cccc(CNC(=O)CSc2nnc(-c3ccc(C)cc3)n2N)c1. The van der Waals surface area contributed by atoms with Crippen LogP contribution in [-0.4, -0.2) is 33.6 Å². The number of hydrogen-bond donors (Lipinski definition) is 2. The minimum absolute atomic E-state index is 0.109. The normalized spacial score (nSPS) is 10.6. The fraction of sp³-hybridized carbons (Fsp3) is 0.211. The monoisotopic (exact) mass is 383 g/mol. The highest BCUT2D eigenvalue weighted by atomic mass is 32.2. The molecule has 3 aromatic rings. The number of amides is 1. The summed E-state index contributed by atoms with van der Waals surface area (Å²) in [6.07, 6.45) is 0. The summed E-state index contributed by atoms with van der Waals surface area (Å²) in [6, 6.07) is 15.4. The van der Waals surface area contributed by atoms with Gasteiger partial charge in [0.2, 0.25) is 11.1 Å². The van der Waals surface area contributed by atoms with Crippen molar-refractivity contribution < 1.29 is 9.53 Å². The molecular formula is C19H21N5O2S. The third kappa shape index (κ3) is 4.79. The molecule has 3 N–H and O–H groups in total. The first-order valence-electron chi connectivity index (χ1n) is 8.37. The summed E-state index contributed by atoms with van der Waals surface area (Å²) in [5.41, 5.74) is 3.01. The summed E-state index contributed by atoms with van der Waals surface area (Å²) in [5.74, 6) is 7.50. The number of nitrogens with zero attached hydrogens (tertiary/aromatic N) is 3. The van der Waals surface area contributed by atoms with Gasteiger partial charge in [-0.1, -0.05) is 53.7 Å². The summed E-state index contributed by atoms with van der Waals surface area (Å²) < 4.78 is 6.58. The molecule has 0 aliphatic heterocycles. The largest absolute Gasteiger partial charge is 0.497 e. The van der Waals surface area contributed by atoms with Crippen LogP contribution >= 0.6 is 11.8 Å². The summed E-state index contributed by atoms with van der Waals surface area (Å²) in [7, 11) is 1.61. The first kappa shape index (κ1) is 18.8. The van der Waals surface area contributed by atoms with Crippen LogP contribution in [0.2, 0.25) is 0 Å². The number of carbonyl (C=O) groups excluding carboxylic acids is 1. The van der Waals surface area contributed by atoms with Crippen molar-refractivity contribution in [1.29, 1.82) is 0 Å². The number of rotatable bonds is 7. The molecule has 0 spiro atoms. The van der Waals surface area contributed by atoms with Gasteiger partial charge < -0.3 is 15.9 Å². The Hall–Kier alpha value is -3.00. The molecule has 0 bridgehead atoms. The molecule has 0 unspecified atom stereocenters. The number of benzene rings is 2. The lowest BCUT2D eigenvalue weighted by Gasteiger charge is -2.07. The predicted molar refractivity (Wildman–Crippen MR) is 106 cm³/mol. The number of carbonyl (C=O) groups is 1. The van der Waals surface area contributed by atoms with Crippen molar-refractivity contribution in [3.8, 4) is 17.1 Å². The number of nitrogens with two attached hydrogens (primary N) is 1. The van der Waals surface area contributed by atoms with Crippen LogP contribution in [0.1, 0.15) is 11.1 Å². The quantitative estimate of drug-likeness (QED) is 0.480. The highest BCUT2D eigenvalue weighted by Gasteiger charge is 2.13. The highest BCUT2D eigenvalue weighted by Crippen LogP contribution is 2.21. The molecular weight excluding hydrogens is 362 g/mol. The Kier molecular flexibility index (Phi) is 5.97. The van der Waals surface area contributed by atoms with Crippen molar-refractivity contribution in [2.45, 2.75) is 18.6 Å². The van der Waals surface area contributed by atoms with E-state index < -0.39 is 0 Å². The number of aryl methyl sites for hydroxylation is 1. The molecule has 2 aromatic carbocycles. The van der Waals surface area contributed by atoms with E-state index in [1.165, 1.54) is 16.4 Å². The van der Waals surface area contributed by atoms with Gasteiger partial charge in [-0.15, -0.1) is 10.2 Å². The van der Waals surface area contributed by atoms with Crippen molar-refractivity contribution >= 4 is 17.7 Å². The van der Waals surface area contributed by atoms with E-state index in [1.807, 2.05) is 55.5 Å².